The zero-order valence-electron chi connectivity index (χ0n) is 17.2. The Kier molecular flexibility index (Phi) is 1.82. The van der Waals surface area contributed by atoms with Crippen molar-refractivity contribution in [2.45, 2.75) is 13.7 Å². The highest BCUT2D eigenvalue weighted by molar-refractivity contribution is 6.30. The largest absolute Gasteiger partial charge is 0.437 e. The molecule has 0 amide bonds. The fraction of sp³-hybridized carbons (Fsp3) is 0.111. The van der Waals surface area contributed by atoms with E-state index in [0.29, 0.717) is 22.6 Å². The predicted molar refractivity (Wildman–Crippen MR) is 89.2 cm³/mol. The molecule has 0 aliphatic carbocycles. The smallest absolute Gasteiger partial charge is 0.228 e. The standard InChI is InChI=1S/C18H13ClN2O/c1-10-8-15(20-9-11(10)2)14-5-3-4-12-13-6-7-16(19)21-18(13)22-17(12)14/h3-9H,1-2H3/i1D3,2D3. The van der Waals surface area contributed by atoms with Crippen molar-refractivity contribution < 1.29 is 12.6 Å². The van der Waals surface area contributed by atoms with Crippen molar-refractivity contribution in [3.8, 4) is 11.3 Å². The fourth-order valence-corrected chi connectivity index (χ4v) is 2.60. The van der Waals surface area contributed by atoms with Crippen LogP contribution in [0.1, 0.15) is 19.4 Å². The van der Waals surface area contributed by atoms with E-state index in [1.807, 2.05) is 6.07 Å². The summed E-state index contributed by atoms with van der Waals surface area (Å²) in [5, 5.41) is 1.82. The number of pyridine rings is 2. The van der Waals surface area contributed by atoms with Crippen LogP contribution in [0.3, 0.4) is 0 Å². The third-order valence-electron chi connectivity index (χ3n) is 3.51. The molecule has 0 saturated heterocycles. The summed E-state index contributed by atoms with van der Waals surface area (Å²) in [7, 11) is 0. The lowest BCUT2D eigenvalue weighted by Gasteiger charge is -2.05. The maximum atomic E-state index is 7.73. The van der Waals surface area contributed by atoms with Crippen molar-refractivity contribution >= 4 is 33.7 Å². The Morgan fingerprint density at radius 3 is 2.86 bits per heavy atom. The molecule has 0 fully saturated rings. The zero-order chi connectivity index (χ0) is 20.3. The van der Waals surface area contributed by atoms with Gasteiger partial charge in [0, 0.05) is 30.8 Å². The molecule has 0 radical (unpaired) electrons. The van der Waals surface area contributed by atoms with Crippen molar-refractivity contribution in [3.63, 3.8) is 0 Å². The van der Waals surface area contributed by atoms with Gasteiger partial charge < -0.3 is 4.42 Å². The molecule has 0 unspecified atom stereocenters. The van der Waals surface area contributed by atoms with Gasteiger partial charge in [0.25, 0.3) is 0 Å². The van der Waals surface area contributed by atoms with Crippen molar-refractivity contribution in [3.05, 3.63) is 58.9 Å². The molecule has 3 heterocycles. The maximum absolute atomic E-state index is 7.73. The molecule has 0 spiro atoms. The first-order chi connectivity index (χ1) is 13.1. The Bertz CT molecular complexity index is 1210. The number of aromatic nitrogens is 2. The summed E-state index contributed by atoms with van der Waals surface area (Å²) >= 11 is 5.93. The number of hydrogen-bond donors (Lipinski definition) is 0. The maximum Gasteiger partial charge on any atom is 0.228 e. The number of halogens is 1. The molecule has 4 aromatic rings. The number of rotatable bonds is 1. The lowest BCUT2D eigenvalue weighted by Crippen LogP contribution is -1.88. The van der Waals surface area contributed by atoms with Crippen molar-refractivity contribution in [1.29, 1.82) is 0 Å². The Morgan fingerprint density at radius 1 is 1.09 bits per heavy atom. The Morgan fingerprint density at radius 2 is 2.00 bits per heavy atom. The van der Waals surface area contributed by atoms with E-state index in [-0.39, 0.29) is 16.3 Å². The van der Waals surface area contributed by atoms with Crippen molar-refractivity contribution in [2.75, 3.05) is 0 Å². The highest BCUT2D eigenvalue weighted by Crippen LogP contribution is 2.35. The van der Waals surface area contributed by atoms with Crippen molar-refractivity contribution in [2.24, 2.45) is 0 Å². The third kappa shape index (κ3) is 1.97. The van der Waals surface area contributed by atoms with Gasteiger partial charge in [-0.25, -0.2) is 4.98 Å². The van der Waals surface area contributed by atoms with E-state index in [0.717, 1.165) is 17.0 Å². The molecule has 0 N–H and O–H groups in total. The van der Waals surface area contributed by atoms with Crippen LogP contribution in [0.25, 0.3) is 33.3 Å². The molecule has 0 aliphatic heterocycles. The molecular formula is C18H13ClN2O. The number of nitrogens with zero attached hydrogens (tertiary/aromatic N) is 2. The molecule has 0 saturated carbocycles. The van der Waals surface area contributed by atoms with Gasteiger partial charge in [0.1, 0.15) is 10.7 Å². The van der Waals surface area contributed by atoms with E-state index >= 15 is 0 Å². The van der Waals surface area contributed by atoms with E-state index in [2.05, 4.69) is 9.97 Å². The van der Waals surface area contributed by atoms with Crippen LogP contribution in [-0.2, 0) is 0 Å². The summed E-state index contributed by atoms with van der Waals surface area (Å²) in [6.45, 7) is -5.18. The molecular weight excluding hydrogens is 296 g/mol. The van der Waals surface area contributed by atoms with Crippen LogP contribution in [0.5, 0.6) is 0 Å². The monoisotopic (exact) mass is 314 g/mol. The first-order valence-corrected chi connectivity index (χ1v) is 6.92. The second-order valence-electron chi connectivity index (χ2n) is 4.89. The van der Waals surface area contributed by atoms with Gasteiger partial charge >= 0.3 is 0 Å². The van der Waals surface area contributed by atoms with Gasteiger partial charge in [0.15, 0.2) is 0 Å². The van der Waals surface area contributed by atoms with Gasteiger partial charge in [0.2, 0.25) is 5.71 Å². The molecule has 108 valence electrons. The highest BCUT2D eigenvalue weighted by Gasteiger charge is 2.14. The summed E-state index contributed by atoms with van der Waals surface area (Å²) in [6.07, 6.45) is 1.10. The first kappa shape index (κ1) is 8.30. The number of fused-ring (bicyclic) bond motifs is 3. The number of para-hydroxylation sites is 1. The zero-order valence-corrected chi connectivity index (χ0v) is 12.0. The van der Waals surface area contributed by atoms with Gasteiger partial charge in [-0.1, -0.05) is 23.7 Å². The van der Waals surface area contributed by atoms with Gasteiger partial charge in [-0.05, 0) is 49.1 Å². The Labute approximate surface area is 141 Å². The molecule has 0 atom stereocenters. The minimum Gasteiger partial charge on any atom is -0.437 e. The average molecular weight is 315 g/mol. The van der Waals surface area contributed by atoms with E-state index in [4.69, 9.17) is 24.2 Å². The van der Waals surface area contributed by atoms with E-state index in [1.54, 1.807) is 24.3 Å². The first-order valence-electron chi connectivity index (χ1n) is 9.55. The topological polar surface area (TPSA) is 38.9 Å². The van der Waals surface area contributed by atoms with E-state index < -0.39 is 13.7 Å². The Balaban J connectivity index is 1.99. The number of benzene rings is 1. The molecule has 3 aromatic heterocycles. The van der Waals surface area contributed by atoms with Gasteiger partial charge in [-0.15, -0.1) is 0 Å². The second kappa shape index (κ2) is 4.82. The lowest BCUT2D eigenvalue weighted by molar-refractivity contribution is 0.655. The van der Waals surface area contributed by atoms with Crippen LogP contribution in [0.15, 0.2) is 47.0 Å². The average Bonchev–Trinajstić information content (AvgIpc) is 2.97. The normalized spacial score (nSPS) is 16.6. The molecule has 4 heteroatoms. The third-order valence-corrected chi connectivity index (χ3v) is 3.72. The van der Waals surface area contributed by atoms with Gasteiger partial charge in [0.05, 0.1) is 5.69 Å². The molecule has 0 aliphatic rings. The molecule has 4 rings (SSSR count). The molecule has 0 bridgehead atoms. The van der Waals surface area contributed by atoms with E-state index in [9.17, 15) is 0 Å². The quantitative estimate of drug-likeness (QED) is 0.447. The van der Waals surface area contributed by atoms with E-state index in [1.165, 1.54) is 6.07 Å². The van der Waals surface area contributed by atoms with Crippen LogP contribution >= 0.6 is 11.6 Å². The number of hydrogen-bond acceptors (Lipinski definition) is 3. The van der Waals surface area contributed by atoms with Crippen LogP contribution in [0.4, 0.5) is 0 Å². The predicted octanol–water partition coefficient (Wildman–Crippen LogP) is 5.31. The van der Waals surface area contributed by atoms with Gasteiger partial charge in [-0.3, -0.25) is 4.98 Å². The summed E-state index contributed by atoms with van der Waals surface area (Å²) < 4.78 is 51.9. The number of aryl methyl sites for hydroxylation is 2. The highest BCUT2D eigenvalue weighted by atomic mass is 35.5. The molecule has 3 nitrogen and oxygen atoms in total. The Hall–Kier alpha value is -2.39. The summed E-state index contributed by atoms with van der Waals surface area (Å²) in [4.78, 5) is 8.38. The number of furan rings is 1. The lowest BCUT2D eigenvalue weighted by atomic mass is 10.0. The van der Waals surface area contributed by atoms with Crippen LogP contribution in [0, 0.1) is 13.7 Å². The van der Waals surface area contributed by atoms with Crippen LogP contribution in [0.2, 0.25) is 5.15 Å². The second-order valence-corrected chi connectivity index (χ2v) is 5.27. The summed E-state index contributed by atoms with van der Waals surface area (Å²) in [5.74, 6) is 0. The summed E-state index contributed by atoms with van der Waals surface area (Å²) in [5.41, 5.74) is 1.11. The molecule has 22 heavy (non-hydrogen) atoms. The minimum atomic E-state index is -2.60. The van der Waals surface area contributed by atoms with Crippen LogP contribution < -0.4 is 0 Å². The minimum absolute atomic E-state index is 0.258. The summed E-state index contributed by atoms with van der Waals surface area (Å²) in [6, 6.07) is 10.1. The molecule has 1 aromatic carbocycles. The fourth-order valence-electron chi connectivity index (χ4n) is 2.46. The van der Waals surface area contributed by atoms with Crippen LogP contribution in [-0.4, -0.2) is 9.97 Å². The SMILES string of the molecule is [2H]C([2H])([2H])c1cnc(-c2cccc3c2oc2nc(Cl)ccc23)cc1C([2H])([2H])[2H]. The van der Waals surface area contributed by atoms with Gasteiger partial charge in [-0.2, -0.15) is 0 Å². The van der Waals surface area contributed by atoms with Crippen molar-refractivity contribution in [1.82, 2.24) is 9.97 Å².